The van der Waals surface area contributed by atoms with Gasteiger partial charge in [0.25, 0.3) is 0 Å². The molecule has 0 atom stereocenters. The van der Waals surface area contributed by atoms with E-state index in [1.807, 2.05) is 0 Å². The predicted octanol–water partition coefficient (Wildman–Crippen LogP) is 3.66. The molecule has 1 aromatic heterocycles. The van der Waals surface area contributed by atoms with E-state index in [-0.39, 0.29) is 39.5 Å². The third kappa shape index (κ3) is 3.88. The summed E-state index contributed by atoms with van der Waals surface area (Å²) in [6.45, 7) is 0. The van der Waals surface area contributed by atoms with Crippen LogP contribution < -0.4 is 14.8 Å². The average Bonchev–Trinajstić information content (AvgIpc) is 3.22. The molecule has 4 rings (SSSR count). The average molecular weight is 408 g/mol. The van der Waals surface area contributed by atoms with Crippen molar-refractivity contribution in [1.82, 2.24) is 15.2 Å². The third-order valence-electron chi connectivity index (χ3n) is 3.61. The van der Waals surface area contributed by atoms with Crippen LogP contribution in [0.25, 0.3) is 11.4 Å². The number of hydrogen-bond acceptors (Lipinski definition) is 6. The molecule has 2 aromatic carbocycles. The molecule has 144 valence electrons. The standard InChI is InChI=1S/C17H11F3N4O3S/c18-11-4-2-1-3-10(11)15-22-16(24-23-15)28-8-14(25)21-9-5-6-12-13(7-9)27-17(19,20)26-12/h1-7H,8H2,(H,21,25)(H,22,23,24). The van der Waals surface area contributed by atoms with Gasteiger partial charge in [-0.3, -0.25) is 9.89 Å². The lowest BCUT2D eigenvalue weighted by atomic mass is 10.2. The molecule has 1 amide bonds. The number of aromatic nitrogens is 3. The molecule has 0 fully saturated rings. The summed E-state index contributed by atoms with van der Waals surface area (Å²) in [6.07, 6.45) is -3.72. The number of halogens is 3. The van der Waals surface area contributed by atoms with Gasteiger partial charge in [0, 0.05) is 11.8 Å². The van der Waals surface area contributed by atoms with E-state index in [4.69, 9.17) is 0 Å². The van der Waals surface area contributed by atoms with Gasteiger partial charge in [-0.1, -0.05) is 23.9 Å². The number of amides is 1. The van der Waals surface area contributed by atoms with Crippen LogP contribution in [0.5, 0.6) is 11.5 Å². The Balaban J connectivity index is 1.35. The summed E-state index contributed by atoms with van der Waals surface area (Å²) in [5.74, 6) is -0.927. The number of hydrogen-bond donors (Lipinski definition) is 2. The lowest BCUT2D eigenvalue weighted by molar-refractivity contribution is -0.286. The molecule has 0 saturated carbocycles. The minimum Gasteiger partial charge on any atom is -0.395 e. The molecule has 2 N–H and O–H groups in total. The number of thioether (sulfide) groups is 1. The molecule has 0 aliphatic carbocycles. The van der Waals surface area contributed by atoms with Crippen molar-refractivity contribution in [2.75, 3.05) is 11.1 Å². The second kappa shape index (κ2) is 7.08. The van der Waals surface area contributed by atoms with Crippen LogP contribution in [0.2, 0.25) is 0 Å². The van der Waals surface area contributed by atoms with Gasteiger partial charge >= 0.3 is 6.29 Å². The van der Waals surface area contributed by atoms with Crippen molar-refractivity contribution in [2.24, 2.45) is 0 Å². The number of nitrogens with zero attached hydrogens (tertiary/aromatic N) is 2. The number of anilines is 1. The van der Waals surface area contributed by atoms with Gasteiger partial charge in [0.15, 0.2) is 17.3 Å². The molecule has 7 nitrogen and oxygen atoms in total. The zero-order valence-corrected chi connectivity index (χ0v) is 14.7. The highest BCUT2D eigenvalue weighted by Crippen LogP contribution is 2.42. The molecule has 1 aliphatic rings. The van der Waals surface area contributed by atoms with E-state index in [9.17, 15) is 18.0 Å². The second-order valence-electron chi connectivity index (χ2n) is 5.61. The molecule has 11 heteroatoms. The van der Waals surface area contributed by atoms with E-state index in [0.29, 0.717) is 0 Å². The van der Waals surface area contributed by atoms with Crippen molar-refractivity contribution in [3.8, 4) is 22.9 Å². The first-order valence-corrected chi connectivity index (χ1v) is 8.88. The van der Waals surface area contributed by atoms with Crippen LogP contribution in [0.3, 0.4) is 0 Å². The number of ether oxygens (including phenoxy) is 2. The molecule has 0 radical (unpaired) electrons. The number of H-pyrrole nitrogens is 1. The summed E-state index contributed by atoms with van der Waals surface area (Å²) in [4.78, 5) is 16.2. The van der Waals surface area contributed by atoms with Gasteiger partial charge in [-0.25, -0.2) is 9.37 Å². The number of carbonyl (C=O) groups is 1. The van der Waals surface area contributed by atoms with Gasteiger partial charge in [0.1, 0.15) is 5.82 Å². The summed E-state index contributed by atoms with van der Waals surface area (Å²) in [6, 6.07) is 10.0. The Morgan fingerprint density at radius 1 is 1.18 bits per heavy atom. The lowest BCUT2D eigenvalue weighted by Crippen LogP contribution is -2.25. The highest BCUT2D eigenvalue weighted by molar-refractivity contribution is 7.99. The van der Waals surface area contributed by atoms with Crippen molar-refractivity contribution >= 4 is 23.4 Å². The fraction of sp³-hybridized carbons (Fsp3) is 0.118. The van der Waals surface area contributed by atoms with Crippen LogP contribution in [0.1, 0.15) is 0 Å². The first kappa shape index (κ1) is 18.2. The van der Waals surface area contributed by atoms with Gasteiger partial charge in [-0.15, -0.1) is 13.9 Å². The van der Waals surface area contributed by atoms with Crippen molar-refractivity contribution < 1.29 is 27.4 Å². The summed E-state index contributed by atoms with van der Waals surface area (Å²) >= 11 is 1.03. The predicted molar refractivity (Wildman–Crippen MR) is 93.8 cm³/mol. The Kier molecular flexibility index (Phi) is 4.59. The van der Waals surface area contributed by atoms with Crippen LogP contribution in [0, 0.1) is 5.82 Å². The summed E-state index contributed by atoms with van der Waals surface area (Å²) in [7, 11) is 0. The fourth-order valence-electron chi connectivity index (χ4n) is 2.44. The van der Waals surface area contributed by atoms with Gasteiger partial charge in [0.2, 0.25) is 11.1 Å². The number of alkyl halides is 2. The molecule has 0 unspecified atom stereocenters. The molecular formula is C17H11F3N4O3S. The quantitative estimate of drug-likeness (QED) is 0.627. The van der Waals surface area contributed by atoms with E-state index in [0.717, 1.165) is 11.8 Å². The first-order valence-electron chi connectivity index (χ1n) is 7.89. The number of aromatic amines is 1. The number of nitrogens with one attached hydrogen (secondary N) is 2. The first-order chi connectivity index (χ1) is 13.4. The third-order valence-corrected chi connectivity index (χ3v) is 4.46. The maximum absolute atomic E-state index is 13.8. The zero-order valence-electron chi connectivity index (χ0n) is 13.9. The van der Waals surface area contributed by atoms with E-state index < -0.39 is 18.0 Å². The van der Waals surface area contributed by atoms with Crippen LogP contribution in [0.4, 0.5) is 18.9 Å². The number of carbonyl (C=O) groups excluding carboxylic acids is 1. The topological polar surface area (TPSA) is 89.1 Å². The van der Waals surface area contributed by atoms with Gasteiger partial charge in [-0.05, 0) is 24.3 Å². The van der Waals surface area contributed by atoms with Gasteiger partial charge in [0.05, 0.1) is 11.3 Å². The number of rotatable bonds is 5. The lowest BCUT2D eigenvalue weighted by Gasteiger charge is -2.05. The van der Waals surface area contributed by atoms with Crippen LogP contribution in [0.15, 0.2) is 47.6 Å². The second-order valence-corrected chi connectivity index (χ2v) is 6.55. The molecule has 2 heterocycles. The Bertz CT molecular complexity index is 1040. The number of benzene rings is 2. The van der Waals surface area contributed by atoms with E-state index in [2.05, 4.69) is 30.0 Å². The molecule has 28 heavy (non-hydrogen) atoms. The van der Waals surface area contributed by atoms with E-state index >= 15 is 0 Å². The Morgan fingerprint density at radius 3 is 2.79 bits per heavy atom. The largest absolute Gasteiger partial charge is 0.586 e. The summed E-state index contributed by atoms with van der Waals surface area (Å²) in [5.41, 5.74) is 0.538. The van der Waals surface area contributed by atoms with Crippen LogP contribution in [-0.2, 0) is 4.79 Å². The molecule has 3 aromatic rings. The van der Waals surface area contributed by atoms with E-state index in [1.54, 1.807) is 18.2 Å². The SMILES string of the molecule is O=C(CSc1n[nH]c(-c2ccccc2F)n1)Nc1ccc2c(c1)OC(F)(F)O2. The minimum absolute atomic E-state index is 0.0425. The fourth-order valence-corrected chi connectivity index (χ4v) is 3.04. The maximum Gasteiger partial charge on any atom is 0.586 e. The van der Waals surface area contributed by atoms with Gasteiger partial charge < -0.3 is 14.8 Å². The molecular weight excluding hydrogens is 397 g/mol. The Morgan fingerprint density at radius 2 is 1.96 bits per heavy atom. The van der Waals surface area contributed by atoms with Crippen LogP contribution >= 0.6 is 11.8 Å². The Labute approximate surface area is 160 Å². The van der Waals surface area contributed by atoms with Crippen LogP contribution in [-0.4, -0.2) is 33.1 Å². The monoisotopic (exact) mass is 408 g/mol. The maximum atomic E-state index is 13.8. The number of fused-ring (bicyclic) bond motifs is 1. The molecule has 1 aliphatic heterocycles. The van der Waals surface area contributed by atoms with Crippen molar-refractivity contribution in [3.63, 3.8) is 0 Å². The zero-order chi connectivity index (χ0) is 19.7. The highest BCUT2D eigenvalue weighted by Gasteiger charge is 2.43. The van der Waals surface area contributed by atoms with Crippen molar-refractivity contribution in [2.45, 2.75) is 11.5 Å². The van der Waals surface area contributed by atoms with E-state index in [1.165, 1.54) is 24.3 Å². The normalized spacial score (nSPS) is 14.1. The minimum atomic E-state index is -3.72. The Hall–Kier alpha value is -3.21. The summed E-state index contributed by atoms with van der Waals surface area (Å²) in [5, 5.41) is 9.37. The molecule has 0 saturated heterocycles. The van der Waals surface area contributed by atoms with Crippen molar-refractivity contribution in [1.29, 1.82) is 0 Å². The van der Waals surface area contributed by atoms with Gasteiger partial charge in [-0.2, -0.15) is 0 Å². The molecule has 0 spiro atoms. The summed E-state index contributed by atoms with van der Waals surface area (Å²) < 4.78 is 48.4. The highest BCUT2D eigenvalue weighted by atomic mass is 32.2. The van der Waals surface area contributed by atoms with Crippen molar-refractivity contribution in [3.05, 3.63) is 48.3 Å². The smallest absolute Gasteiger partial charge is 0.395 e. The molecule has 0 bridgehead atoms.